The van der Waals surface area contributed by atoms with Crippen molar-refractivity contribution in [3.05, 3.63) is 54.1 Å². The normalized spacial score (nSPS) is 20.2. The van der Waals surface area contributed by atoms with E-state index in [0.717, 1.165) is 25.8 Å². The van der Waals surface area contributed by atoms with Crippen LogP contribution in [0.15, 0.2) is 54.1 Å². The molecule has 0 radical (unpaired) electrons. The van der Waals surface area contributed by atoms with Crippen LogP contribution in [0.5, 0.6) is 0 Å². The molecule has 18 heavy (non-hydrogen) atoms. The van der Waals surface area contributed by atoms with Gasteiger partial charge in [-0.05, 0) is 45.2 Å². The number of rotatable bonds is 3. The molecule has 0 spiro atoms. The molecule has 0 fully saturated rings. The molecule has 0 aliphatic carbocycles. The van der Waals surface area contributed by atoms with Gasteiger partial charge in [0.05, 0.1) is 0 Å². The van der Waals surface area contributed by atoms with E-state index in [2.05, 4.69) is 61.7 Å². The molecule has 1 aliphatic rings. The van der Waals surface area contributed by atoms with Gasteiger partial charge in [0.1, 0.15) is 0 Å². The Bertz CT molecular complexity index is 430. The van der Waals surface area contributed by atoms with Crippen molar-refractivity contribution in [1.82, 2.24) is 0 Å². The summed E-state index contributed by atoms with van der Waals surface area (Å²) < 4.78 is 0. The Morgan fingerprint density at radius 3 is 2.72 bits per heavy atom. The number of nitrogens with zero attached hydrogens (tertiary/aromatic N) is 1. The molecular weight excluding hydrogens is 218 g/mol. The van der Waals surface area contributed by atoms with Gasteiger partial charge >= 0.3 is 0 Å². The lowest BCUT2D eigenvalue weighted by atomic mass is 10.00. The third-order valence-corrected chi connectivity index (χ3v) is 3.53. The molecule has 0 N–H and O–H groups in total. The molecule has 96 valence electrons. The third-order valence-electron chi connectivity index (χ3n) is 3.53. The number of anilines is 1. The van der Waals surface area contributed by atoms with E-state index in [4.69, 9.17) is 0 Å². The van der Waals surface area contributed by atoms with Crippen LogP contribution in [-0.4, -0.2) is 12.6 Å². The van der Waals surface area contributed by atoms with E-state index < -0.39 is 0 Å². The van der Waals surface area contributed by atoms with Crippen LogP contribution in [0.2, 0.25) is 0 Å². The van der Waals surface area contributed by atoms with Crippen LogP contribution in [-0.2, 0) is 0 Å². The summed E-state index contributed by atoms with van der Waals surface area (Å²) in [6.45, 7) is 9.58. The minimum absolute atomic E-state index is 0.559. The van der Waals surface area contributed by atoms with Gasteiger partial charge in [-0.25, -0.2) is 0 Å². The molecule has 0 saturated carbocycles. The topological polar surface area (TPSA) is 3.24 Å². The Labute approximate surface area is 111 Å². The zero-order valence-corrected chi connectivity index (χ0v) is 11.5. The van der Waals surface area contributed by atoms with Crippen LogP contribution in [0.1, 0.15) is 33.1 Å². The summed E-state index contributed by atoms with van der Waals surface area (Å²) in [5, 5.41) is 0. The van der Waals surface area contributed by atoms with Crippen molar-refractivity contribution < 1.29 is 0 Å². The van der Waals surface area contributed by atoms with Gasteiger partial charge in [-0.2, -0.15) is 0 Å². The third kappa shape index (κ3) is 3.25. The van der Waals surface area contributed by atoms with Crippen LogP contribution in [0.4, 0.5) is 5.69 Å². The smallest absolute Gasteiger partial charge is 0.0369 e. The Kier molecular flexibility index (Phi) is 4.24. The van der Waals surface area contributed by atoms with E-state index in [-0.39, 0.29) is 0 Å². The Morgan fingerprint density at radius 2 is 2.06 bits per heavy atom. The molecule has 1 heteroatoms. The van der Waals surface area contributed by atoms with E-state index in [9.17, 15) is 0 Å². The molecular formula is C17H23N. The Hall–Kier alpha value is -1.50. The summed E-state index contributed by atoms with van der Waals surface area (Å²) in [7, 11) is 0. The lowest BCUT2D eigenvalue weighted by Crippen LogP contribution is -2.35. The largest absolute Gasteiger partial charge is 0.368 e. The van der Waals surface area contributed by atoms with Gasteiger partial charge < -0.3 is 4.90 Å². The molecule has 2 rings (SSSR count). The molecule has 1 aromatic rings. The van der Waals surface area contributed by atoms with Crippen LogP contribution >= 0.6 is 0 Å². The second-order valence-electron chi connectivity index (χ2n) is 5.39. The number of para-hydroxylation sites is 1. The predicted octanol–water partition coefficient (Wildman–Crippen LogP) is 4.57. The zero-order chi connectivity index (χ0) is 13.0. The fourth-order valence-corrected chi connectivity index (χ4v) is 2.74. The van der Waals surface area contributed by atoms with E-state index in [1.54, 1.807) is 0 Å². The predicted molar refractivity (Wildman–Crippen MR) is 80.0 cm³/mol. The van der Waals surface area contributed by atoms with Crippen molar-refractivity contribution >= 4 is 5.69 Å². The van der Waals surface area contributed by atoms with Gasteiger partial charge in [-0.1, -0.05) is 35.4 Å². The average molecular weight is 241 g/mol. The Morgan fingerprint density at radius 1 is 1.33 bits per heavy atom. The number of hydrogen-bond acceptors (Lipinski definition) is 1. The first kappa shape index (κ1) is 12.9. The fourth-order valence-electron chi connectivity index (χ4n) is 2.74. The quantitative estimate of drug-likeness (QED) is 0.701. The van der Waals surface area contributed by atoms with E-state index >= 15 is 0 Å². The van der Waals surface area contributed by atoms with Crippen LogP contribution in [0.25, 0.3) is 0 Å². The standard InChI is InChI=1S/C17H23N/c1-14(2)12-17-13-15(3)8-7-11-18(17)16-9-5-4-6-10-16/h4-6,8-10,17H,1,7,11-13H2,2-3H3. The maximum absolute atomic E-state index is 4.09. The van der Waals surface area contributed by atoms with Gasteiger partial charge in [0.15, 0.2) is 0 Å². The van der Waals surface area contributed by atoms with Crippen LogP contribution in [0, 0.1) is 0 Å². The van der Waals surface area contributed by atoms with Gasteiger partial charge in [0, 0.05) is 18.3 Å². The molecule has 1 atom stereocenters. The monoisotopic (exact) mass is 241 g/mol. The first-order chi connectivity index (χ1) is 8.66. The highest BCUT2D eigenvalue weighted by molar-refractivity contribution is 5.48. The van der Waals surface area contributed by atoms with E-state index in [1.807, 2.05) is 0 Å². The highest BCUT2D eigenvalue weighted by Crippen LogP contribution is 2.27. The van der Waals surface area contributed by atoms with Crippen molar-refractivity contribution in [2.45, 2.75) is 39.2 Å². The molecule has 0 amide bonds. The maximum atomic E-state index is 4.09. The zero-order valence-electron chi connectivity index (χ0n) is 11.5. The maximum Gasteiger partial charge on any atom is 0.0369 e. The lowest BCUT2D eigenvalue weighted by molar-refractivity contribution is 0.593. The molecule has 1 aromatic carbocycles. The summed E-state index contributed by atoms with van der Waals surface area (Å²) in [5.74, 6) is 0. The van der Waals surface area contributed by atoms with Gasteiger partial charge in [-0.3, -0.25) is 0 Å². The van der Waals surface area contributed by atoms with Crippen molar-refractivity contribution in [2.24, 2.45) is 0 Å². The molecule has 0 saturated heterocycles. The Balaban J connectivity index is 2.22. The molecule has 0 bridgehead atoms. The second kappa shape index (κ2) is 5.90. The number of hydrogen-bond donors (Lipinski definition) is 0. The van der Waals surface area contributed by atoms with Crippen LogP contribution in [0.3, 0.4) is 0 Å². The summed E-state index contributed by atoms with van der Waals surface area (Å²) in [5.41, 5.74) is 4.13. The van der Waals surface area contributed by atoms with Gasteiger partial charge in [-0.15, -0.1) is 6.58 Å². The lowest BCUT2D eigenvalue weighted by Gasteiger charge is -2.33. The minimum atomic E-state index is 0.559. The summed E-state index contributed by atoms with van der Waals surface area (Å²) in [4.78, 5) is 2.54. The average Bonchev–Trinajstić information content (AvgIpc) is 2.51. The van der Waals surface area contributed by atoms with Gasteiger partial charge in [0.2, 0.25) is 0 Å². The first-order valence-electron chi connectivity index (χ1n) is 6.78. The highest BCUT2D eigenvalue weighted by Gasteiger charge is 2.21. The van der Waals surface area contributed by atoms with E-state index in [1.165, 1.54) is 16.8 Å². The van der Waals surface area contributed by atoms with Gasteiger partial charge in [0.25, 0.3) is 0 Å². The molecule has 1 heterocycles. The fraction of sp³-hybridized carbons (Fsp3) is 0.412. The first-order valence-corrected chi connectivity index (χ1v) is 6.78. The number of benzene rings is 1. The van der Waals surface area contributed by atoms with Crippen molar-refractivity contribution in [3.8, 4) is 0 Å². The van der Waals surface area contributed by atoms with Crippen molar-refractivity contribution in [2.75, 3.05) is 11.4 Å². The summed E-state index contributed by atoms with van der Waals surface area (Å²) in [6, 6.07) is 11.3. The van der Waals surface area contributed by atoms with E-state index in [0.29, 0.717) is 6.04 Å². The summed E-state index contributed by atoms with van der Waals surface area (Å²) >= 11 is 0. The second-order valence-corrected chi connectivity index (χ2v) is 5.39. The van der Waals surface area contributed by atoms with Crippen LogP contribution < -0.4 is 4.90 Å². The molecule has 1 unspecified atom stereocenters. The SMILES string of the molecule is C=C(C)CC1CC(C)=CCCN1c1ccccc1. The molecule has 1 nitrogen and oxygen atoms in total. The minimum Gasteiger partial charge on any atom is -0.368 e. The van der Waals surface area contributed by atoms with Crippen molar-refractivity contribution in [1.29, 1.82) is 0 Å². The molecule has 1 aliphatic heterocycles. The summed E-state index contributed by atoms with van der Waals surface area (Å²) in [6.07, 6.45) is 5.77. The van der Waals surface area contributed by atoms with Crippen molar-refractivity contribution in [3.63, 3.8) is 0 Å². The highest BCUT2D eigenvalue weighted by atomic mass is 15.2. The molecule has 0 aromatic heterocycles.